The maximum absolute atomic E-state index is 5.48. The summed E-state index contributed by atoms with van der Waals surface area (Å²) in [6, 6.07) is 0.269. The highest BCUT2D eigenvalue weighted by atomic mass is 32.1. The Labute approximate surface area is 117 Å². The standard InChI is InChI=1S/C12H20N6S/c1-8(12-9(2)15-10(3)19-12)14-6-11-7-18(5-4-13)17-16-11/h7-8,14H,4-6,13H2,1-3H3. The second-order valence-corrected chi connectivity index (χ2v) is 5.78. The number of thiazole rings is 1. The van der Waals surface area contributed by atoms with E-state index in [4.69, 9.17) is 5.73 Å². The van der Waals surface area contributed by atoms with Gasteiger partial charge in [0.15, 0.2) is 0 Å². The number of hydrogen-bond donors (Lipinski definition) is 2. The molecule has 0 amide bonds. The molecule has 0 radical (unpaired) electrons. The molecular weight excluding hydrogens is 260 g/mol. The van der Waals surface area contributed by atoms with Gasteiger partial charge in [-0.3, -0.25) is 4.68 Å². The zero-order valence-electron chi connectivity index (χ0n) is 11.6. The summed E-state index contributed by atoms with van der Waals surface area (Å²) in [5.74, 6) is 0. The van der Waals surface area contributed by atoms with Gasteiger partial charge >= 0.3 is 0 Å². The summed E-state index contributed by atoms with van der Waals surface area (Å²) in [4.78, 5) is 5.73. The van der Waals surface area contributed by atoms with E-state index in [0.29, 0.717) is 19.6 Å². The topological polar surface area (TPSA) is 81.7 Å². The van der Waals surface area contributed by atoms with E-state index in [9.17, 15) is 0 Å². The fourth-order valence-corrected chi connectivity index (χ4v) is 2.91. The Morgan fingerprint density at radius 1 is 1.47 bits per heavy atom. The van der Waals surface area contributed by atoms with Crippen LogP contribution in [0, 0.1) is 13.8 Å². The number of aryl methyl sites for hydroxylation is 2. The van der Waals surface area contributed by atoms with Crippen molar-refractivity contribution in [1.82, 2.24) is 25.3 Å². The van der Waals surface area contributed by atoms with Crippen molar-refractivity contribution in [3.63, 3.8) is 0 Å². The first-order chi connectivity index (χ1) is 9.10. The van der Waals surface area contributed by atoms with E-state index in [1.165, 1.54) is 4.88 Å². The second-order valence-electron chi connectivity index (χ2n) is 4.55. The molecule has 0 saturated heterocycles. The highest BCUT2D eigenvalue weighted by Gasteiger charge is 2.13. The van der Waals surface area contributed by atoms with Crippen LogP contribution >= 0.6 is 11.3 Å². The smallest absolute Gasteiger partial charge is 0.0965 e. The molecule has 3 N–H and O–H groups in total. The Hall–Kier alpha value is -1.31. The quantitative estimate of drug-likeness (QED) is 0.830. The van der Waals surface area contributed by atoms with Gasteiger partial charge in [0, 0.05) is 30.2 Å². The highest BCUT2D eigenvalue weighted by Crippen LogP contribution is 2.24. The van der Waals surface area contributed by atoms with Crippen LogP contribution in [0.4, 0.5) is 0 Å². The van der Waals surface area contributed by atoms with Crippen LogP contribution < -0.4 is 11.1 Å². The third-order valence-electron chi connectivity index (χ3n) is 2.87. The van der Waals surface area contributed by atoms with E-state index >= 15 is 0 Å². The van der Waals surface area contributed by atoms with Crippen LogP contribution in [0.25, 0.3) is 0 Å². The molecule has 104 valence electrons. The Balaban J connectivity index is 1.92. The van der Waals surface area contributed by atoms with E-state index < -0.39 is 0 Å². The lowest BCUT2D eigenvalue weighted by Gasteiger charge is -2.11. The van der Waals surface area contributed by atoms with Crippen molar-refractivity contribution in [2.24, 2.45) is 5.73 Å². The molecule has 2 rings (SSSR count). The number of hydrogen-bond acceptors (Lipinski definition) is 6. The second kappa shape index (κ2) is 6.23. The summed E-state index contributed by atoms with van der Waals surface area (Å²) >= 11 is 1.74. The largest absolute Gasteiger partial charge is 0.329 e. The molecule has 2 heterocycles. The van der Waals surface area contributed by atoms with Gasteiger partial charge in [0.25, 0.3) is 0 Å². The van der Waals surface area contributed by atoms with Gasteiger partial charge in [-0.25, -0.2) is 4.98 Å². The first-order valence-electron chi connectivity index (χ1n) is 6.36. The first kappa shape index (κ1) is 14.1. The molecule has 19 heavy (non-hydrogen) atoms. The molecule has 7 heteroatoms. The van der Waals surface area contributed by atoms with E-state index in [-0.39, 0.29) is 6.04 Å². The number of nitrogens with two attached hydrogens (primary N) is 1. The third kappa shape index (κ3) is 3.59. The fraction of sp³-hybridized carbons (Fsp3) is 0.583. The van der Waals surface area contributed by atoms with Crippen molar-refractivity contribution in [2.75, 3.05) is 6.54 Å². The maximum atomic E-state index is 5.48. The first-order valence-corrected chi connectivity index (χ1v) is 7.18. The van der Waals surface area contributed by atoms with Crippen LogP contribution in [-0.2, 0) is 13.1 Å². The fourth-order valence-electron chi connectivity index (χ4n) is 1.96. The van der Waals surface area contributed by atoms with Crippen molar-refractivity contribution >= 4 is 11.3 Å². The minimum absolute atomic E-state index is 0.269. The van der Waals surface area contributed by atoms with Crippen LogP contribution in [0.3, 0.4) is 0 Å². The normalized spacial score (nSPS) is 12.8. The minimum atomic E-state index is 0.269. The van der Waals surface area contributed by atoms with Gasteiger partial charge in [-0.2, -0.15) is 0 Å². The minimum Gasteiger partial charge on any atom is -0.329 e. The average molecular weight is 280 g/mol. The average Bonchev–Trinajstić information content (AvgIpc) is 2.93. The van der Waals surface area contributed by atoms with Gasteiger partial charge in [0.05, 0.1) is 22.9 Å². The van der Waals surface area contributed by atoms with Gasteiger partial charge in [-0.05, 0) is 20.8 Å². The number of aromatic nitrogens is 4. The summed E-state index contributed by atoms with van der Waals surface area (Å²) in [7, 11) is 0. The molecule has 6 nitrogen and oxygen atoms in total. The van der Waals surface area contributed by atoms with Crippen LogP contribution in [0.15, 0.2) is 6.20 Å². The molecule has 0 aromatic carbocycles. The monoisotopic (exact) mass is 280 g/mol. The zero-order valence-corrected chi connectivity index (χ0v) is 12.4. The van der Waals surface area contributed by atoms with E-state index in [1.807, 2.05) is 13.1 Å². The summed E-state index contributed by atoms with van der Waals surface area (Å²) < 4.78 is 1.77. The van der Waals surface area contributed by atoms with Crippen LogP contribution in [-0.4, -0.2) is 26.5 Å². The summed E-state index contributed by atoms with van der Waals surface area (Å²) in [5, 5.41) is 12.7. The van der Waals surface area contributed by atoms with Gasteiger partial charge in [0.2, 0.25) is 0 Å². The van der Waals surface area contributed by atoms with Crippen LogP contribution in [0.5, 0.6) is 0 Å². The molecule has 1 unspecified atom stereocenters. The van der Waals surface area contributed by atoms with Crippen molar-refractivity contribution < 1.29 is 0 Å². The molecule has 0 aliphatic heterocycles. The summed E-state index contributed by atoms with van der Waals surface area (Å²) in [6.45, 7) is 8.20. The van der Waals surface area contributed by atoms with E-state index in [0.717, 1.165) is 16.4 Å². The lowest BCUT2D eigenvalue weighted by Crippen LogP contribution is -2.18. The maximum Gasteiger partial charge on any atom is 0.0965 e. The van der Waals surface area contributed by atoms with Crippen molar-refractivity contribution in [3.8, 4) is 0 Å². The zero-order chi connectivity index (χ0) is 13.8. The van der Waals surface area contributed by atoms with Crippen molar-refractivity contribution in [3.05, 3.63) is 27.5 Å². The third-order valence-corrected chi connectivity index (χ3v) is 4.12. The van der Waals surface area contributed by atoms with Crippen LogP contribution in [0.2, 0.25) is 0 Å². The molecule has 0 aliphatic rings. The summed E-state index contributed by atoms with van der Waals surface area (Å²) in [5.41, 5.74) is 7.51. The van der Waals surface area contributed by atoms with Gasteiger partial charge < -0.3 is 11.1 Å². The molecule has 0 fully saturated rings. The van der Waals surface area contributed by atoms with Gasteiger partial charge in [-0.1, -0.05) is 5.21 Å². The molecule has 1 atom stereocenters. The predicted molar refractivity (Wildman–Crippen MR) is 75.9 cm³/mol. The molecule has 2 aromatic rings. The lowest BCUT2D eigenvalue weighted by atomic mass is 10.2. The SMILES string of the molecule is Cc1nc(C)c(C(C)NCc2cn(CCN)nn2)s1. The summed E-state index contributed by atoms with van der Waals surface area (Å²) in [6.07, 6.45) is 1.93. The van der Waals surface area contributed by atoms with E-state index in [1.54, 1.807) is 16.0 Å². The number of nitrogens with zero attached hydrogens (tertiary/aromatic N) is 4. The molecule has 0 saturated carbocycles. The van der Waals surface area contributed by atoms with Crippen LogP contribution in [0.1, 0.15) is 34.2 Å². The van der Waals surface area contributed by atoms with Gasteiger partial charge in [-0.15, -0.1) is 16.4 Å². The molecule has 0 bridgehead atoms. The Morgan fingerprint density at radius 2 is 2.26 bits per heavy atom. The number of rotatable bonds is 6. The molecule has 0 aliphatic carbocycles. The Bertz CT molecular complexity index is 532. The number of nitrogens with one attached hydrogen (secondary N) is 1. The molecular formula is C12H20N6S. The van der Waals surface area contributed by atoms with Crippen molar-refractivity contribution in [1.29, 1.82) is 0 Å². The Morgan fingerprint density at radius 3 is 2.89 bits per heavy atom. The predicted octanol–water partition coefficient (Wildman–Crippen LogP) is 1.16. The van der Waals surface area contributed by atoms with E-state index in [2.05, 4.69) is 34.5 Å². The highest BCUT2D eigenvalue weighted by molar-refractivity contribution is 7.11. The lowest BCUT2D eigenvalue weighted by molar-refractivity contribution is 0.571. The molecule has 0 spiro atoms. The van der Waals surface area contributed by atoms with Crippen molar-refractivity contribution in [2.45, 2.75) is 39.9 Å². The Kier molecular flexibility index (Phi) is 4.62. The van der Waals surface area contributed by atoms with Gasteiger partial charge in [0.1, 0.15) is 0 Å². The molecule has 2 aromatic heterocycles.